The Hall–Kier alpha value is -2.69. The van der Waals surface area contributed by atoms with Gasteiger partial charge in [0.25, 0.3) is 0 Å². The number of amides is 1. The maximum absolute atomic E-state index is 12.3. The van der Waals surface area contributed by atoms with Crippen molar-refractivity contribution in [1.82, 2.24) is 5.32 Å². The molecule has 0 aromatic carbocycles. The van der Waals surface area contributed by atoms with Gasteiger partial charge < -0.3 is 29.0 Å². The molecule has 1 fully saturated rings. The van der Waals surface area contributed by atoms with Crippen LogP contribution in [0.5, 0.6) is 0 Å². The van der Waals surface area contributed by atoms with Crippen LogP contribution in [0.3, 0.4) is 0 Å². The molecule has 1 aliphatic rings. The van der Waals surface area contributed by atoms with E-state index in [-0.39, 0.29) is 6.61 Å². The van der Waals surface area contributed by atoms with Gasteiger partial charge in [0.2, 0.25) is 18.3 Å². The SMILES string of the molecule is CC(=O)OC[C@H]1OC(OC(C)=O)[C@H](OC(C)=O)[C@@H](OC(C)=O)[C@@H]1NC(=O)C(C)C. The normalized spacial score (nSPS) is 26.2. The predicted octanol–water partition coefficient (Wildman–Crippen LogP) is -0.158. The number of hydrogen-bond donors (Lipinski definition) is 1. The Labute approximate surface area is 168 Å². The van der Waals surface area contributed by atoms with Crippen molar-refractivity contribution in [3.05, 3.63) is 0 Å². The van der Waals surface area contributed by atoms with Crippen molar-refractivity contribution < 1.29 is 47.7 Å². The number of ether oxygens (including phenoxy) is 5. The van der Waals surface area contributed by atoms with Gasteiger partial charge in [0.15, 0.2) is 6.10 Å². The van der Waals surface area contributed by atoms with E-state index in [1.807, 2.05) is 0 Å². The van der Waals surface area contributed by atoms with E-state index in [2.05, 4.69) is 5.32 Å². The molecular weight excluding hydrogens is 390 g/mol. The summed E-state index contributed by atoms with van der Waals surface area (Å²) in [7, 11) is 0. The number of carbonyl (C=O) groups excluding carboxylic acids is 5. The van der Waals surface area contributed by atoms with Gasteiger partial charge in [0, 0.05) is 33.6 Å². The second kappa shape index (κ2) is 10.7. The second-order valence-electron chi connectivity index (χ2n) is 6.79. The third-order valence-electron chi connectivity index (χ3n) is 3.83. The molecular formula is C18H27NO10. The Kier molecular flexibility index (Phi) is 9.02. The fourth-order valence-corrected chi connectivity index (χ4v) is 2.66. The Balaban J connectivity index is 3.35. The number of rotatable bonds is 7. The van der Waals surface area contributed by atoms with Gasteiger partial charge >= 0.3 is 23.9 Å². The van der Waals surface area contributed by atoms with E-state index in [1.165, 1.54) is 6.92 Å². The van der Waals surface area contributed by atoms with Crippen LogP contribution in [0.4, 0.5) is 0 Å². The lowest BCUT2D eigenvalue weighted by atomic mass is 9.95. The molecule has 0 saturated carbocycles. The van der Waals surface area contributed by atoms with Gasteiger partial charge in [-0.1, -0.05) is 13.8 Å². The van der Waals surface area contributed by atoms with E-state index < -0.39 is 66.3 Å². The highest BCUT2D eigenvalue weighted by atomic mass is 16.7. The van der Waals surface area contributed by atoms with Crippen LogP contribution >= 0.6 is 0 Å². The first kappa shape index (κ1) is 24.3. The molecule has 1 N–H and O–H groups in total. The van der Waals surface area contributed by atoms with Crippen molar-refractivity contribution in [3.8, 4) is 0 Å². The van der Waals surface area contributed by atoms with Crippen molar-refractivity contribution in [2.24, 2.45) is 5.92 Å². The molecule has 0 spiro atoms. The van der Waals surface area contributed by atoms with E-state index in [1.54, 1.807) is 13.8 Å². The Morgan fingerprint density at radius 3 is 1.79 bits per heavy atom. The summed E-state index contributed by atoms with van der Waals surface area (Å²) in [6, 6.07) is -1.05. The van der Waals surface area contributed by atoms with Gasteiger partial charge in [-0.15, -0.1) is 0 Å². The van der Waals surface area contributed by atoms with Crippen molar-refractivity contribution >= 4 is 29.8 Å². The van der Waals surface area contributed by atoms with Crippen LogP contribution < -0.4 is 5.32 Å². The zero-order valence-corrected chi connectivity index (χ0v) is 17.3. The first-order chi connectivity index (χ1) is 13.4. The van der Waals surface area contributed by atoms with Crippen LogP contribution in [0.1, 0.15) is 41.5 Å². The van der Waals surface area contributed by atoms with Crippen molar-refractivity contribution in [1.29, 1.82) is 0 Å². The van der Waals surface area contributed by atoms with E-state index in [9.17, 15) is 24.0 Å². The lowest BCUT2D eigenvalue weighted by Crippen LogP contribution is -2.67. The molecule has 164 valence electrons. The molecule has 1 rings (SSSR count). The fraction of sp³-hybridized carbons (Fsp3) is 0.722. The van der Waals surface area contributed by atoms with E-state index in [4.69, 9.17) is 23.7 Å². The molecule has 1 amide bonds. The predicted molar refractivity (Wildman–Crippen MR) is 94.9 cm³/mol. The summed E-state index contributed by atoms with van der Waals surface area (Å²) < 4.78 is 26.2. The van der Waals surface area contributed by atoms with Gasteiger partial charge in [-0.05, 0) is 0 Å². The molecule has 0 aromatic rings. The fourth-order valence-electron chi connectivity index (χ4n) is 2.66. The lowest BCUT2D eigenvalue weighted by Gasteiger charge is -2.44. The van der Waals surface area contributed by atoms with Gasteiger partial charge in [-0.25, -0.2) is 0 Å². The maximum atomic E-state index is 12.3. The van der Waals surface area contributed by atoms with E-state index in [0.717, 1.165) is 20.8 Å². The van der Waals surface area contributed by atoms with Gasteiger partial charge in [0.1, 0.15) is 12.7 Å². The third kappa shape index (κ3) is 7.68. The molecule has 1 saturated heterocycles. The quantitative estimate of drug-likeness (QED) is 0.438. The molecule has 1 heterocycles. The molecule has 0 bridgehead atoms. The standard InChI is InChI=1S/C18H27NO10/c1-8(2)17(24)19-14-13(7-25-9(3)20)29-18(28-12(6)23)16(27-11(5)22)15(14)26-10(4)21/h8,13-16,18H,7H2,1-6H3,(H,19,24)/t13-,14-,15+,16-,18?/m1/s1. The summed E-state index contributed by atoms with van der Waals surface area (Å²) in [6.45, 7) is 7.49. The summed E-state index contributed by atoms with van der Waals surface area (Å²) >= 11 is 0. The van der Waals surface area contributed by atoms with Gasteiger partial charge in [-0.2, -0.15) is 0 Å². The largest absolute Gasteiger partial charge is 0.463 e. The summed E-state index contributed by atoms with van der Waals surface area (Å²) in [6.07, 6.45) is -5.13. The molecule has 1 unspecified atom stereocenters. The molecule has 0 aliphatic carbocycles. The van der Waals surface area contributed by atoms with Gasteiger partial charge in [0.05, 0.1) is 6.04 Å². The highest BCUT2D eigenvalue weighted by molar-refractivity contribution is 5.78. The van der Waals surface area contributed by atoms with Crippen LogP contribution in [0.2, 0.25) is 0 Å². The van der Waals surface area contributed by atoms with Crippen molar-refractivity contribution in [2.45, 2.75) is 72.2 Å². The van der Waals surface area contributed by atoms with Crippen LogP contribution in [0.25, 0.3) is 0 Å². The van der Waals surface area contributed by atoms with Crippen molar-refractivity contribution in [2.75, 3.05) is 6.61 Å². The Morgan fingerprint density at radius 1 is 0.828 bits per heavy atom. The van der Waals surface area contributed by atoms with E-state index >= 15 is 0 Å². The lowest BCUT2D eigenvalue weighted by molar-refractivity contribution is -0.278. The maximum Gasteiger partial charge on any atom is 0.305 e. The van der Waals surface area contributed by atoms with Crippen LogP contribution in [0, 0.1) is 5.92 Å². The zero-order chi connectivity index (χ0) is 22.3. The van der Waals surface area contributed by atoms with Crippen LogP contribution in [-0.2, 0) is 47.7 Å². The topological polar surface area (TPSA) is 144 Å². The summed E-state index contributed by atoms with van der Waals surface area (Å²) in [5.74, 6) is -3.68. The highest BCUT2D eigenvalue weighted by Crippen LogP contribution is 2.28. The summed E-state index contributed by atoms with van der Waals surface area (Å²) in [5, 5.41) is 2.66. The number of nitrogens with one attached hydrogen (secondary N) is 1. The minimum Gasteiger partial charge on any atom is -0.463 e. The monoisotopic (exact) mass is 417 g/mol. The first-order valence-electron chi connectivity index (χ1n) is 9.03. The molecule has 0 aromatic heterocycles. The average molecular weight is 417 g/mol. The summed E-state index contributed by atoms with van der Waals surface area (Å²) in [4.78, 5) is 58.3. The molecule has 29 heavy (non-hydrogen) atoms. The smallest absolute Gasteiger partial charge is 0.305 e. The molecule has 11 nitrogen and oxygen atoms in total. The Bertz CT molecular complexity index is 647. The molecule has 5 atom stereocenters. The zero-order valence-electron chi connectivity index (χ0n) is 17.3. The minimum atomic E-state index is -1.45. The number of carbonyl (C=O) groups is 5. The summed E-state index contributed by atoms with van der Waals surface area (Å²) in [5.41, 5.74) is 0. The van der Waals surface area contributed by atoms with Crippen LogP contribution in [0.15, 0.2) is 0 Å². The number of esters is 4. The van der Waals surface area contributed by atoms with Crippen molar-refractivity contribution in [3.63, 3.8) is 0 Å². The number of hydrogen-bond acceptors (Lipinski definition) is 10. The molecule has 0 radical (unpaired) electrons. The minimum absolute atomic E-state index is 0.333. The highest BCUT2D eigenvalue weighted by Gasteiger charge is 2.52. The molecule has 11 heteroatoms. The first-order valence-corrected chi connectivity index (χ1v) is 9.03. The van der Waals surface area contributed by atoms with Gasteiger partial charge in [-0.3, -0.25) is 24.0 Å². The van der Waals surface area contributed by atoms with E-state index in [0.29, 0.717) is 0 Å². The molecule has 1 aliphatic heterocycles. The van der Waals surface area contributed by atoms with Crippen LogP contribution in [-0.4, -0.2) is 67.0 Å². The Morgan fingerprint density at radius 2 is 1.34 bits per heavy atom. The average Bonchev–Trinajstić information content (AvgIpc) is 2.56. The third-order valence-corrected chi connectivity index (χ3v) is 3.83. The second-order valence-corrected chi connectivity index (χ2v) is 6.79.